The number of carbonyl (C=O) groups is 1. The summed E-state index contributed by atoms with van der Waals surface area (Å²) in [5.41, 5.74) is 2.05. The van der Waals surface area contributed by atoms with Gasteiger partial charge in [-0.2, -0.15) is 0 Å². The number of nitro groups is 1. The normalized spacial score (nSPS) is 10.5. The number of carbonyl (C=O) groups excluding carboxylic acids is 1. The summed E-state index contributed by atoms with van der Waals surface area (Å²) in [4.78, 5) is 25.1. The number of halogens is 1. The first-order valence-electron chi connectivity index (χ1n) is 9.01. The van der Waals surface area contributed by atoms with Gasteiger partial charge in [-0.3, -0.25) is 14.9 Å². The van der Waals surface area contributed by atoms with Gasteiger partial charge in [0.1, 0.15) is 0 Å². The van der Waals surface area contributed by atoms with E-state index in [1.165, 1.54) is 18.2 Å². The van der Waals surface area contributed by atoms with E-state index in [1.54, 1.807) is 17.0 Å². The third-order valence-electron chi connectivity index (χ3n) is 4.52. The Morgan fingerprint density at radius 3 is 2.69 bits per heavy atom. The summed E-state index contributed by atoms with van der Waals surface area (Å²) in [6, 6.07) is 17.2. The largest absolute Gasteiger partial charge is 0.345 e. The number of hydrogen-bond acceptors (Lipinski definition) is 3. The summed E-state index contributed by atoms with van der Waals surface area (Å²) in [5, 5.41) is 11.7. The summed E-state index contributed by atoms with van der Waals surface area (Å²) in [5.74, 6) is -0.293. The van der Waals surface area contributed by atoms with Gasteiger partial charge in [-0.25, -0.2) is 0 Å². The summed E-state index contributed by atoms with van der Waals surface area (Å²) in [7, 11) is 0. The Hall–Kier alpha value is -3.38. The molecule has 3 aromatic rings. The number of aromatic nitrogens is 1. The van der Waals surface area contributed by atoms with Crippen LogP contribution in [0.15, 0.2) is 79.5 Å². The van der Waals surface area contributed by atoms with Gasteiger partial charge in [0.05, 0.1) is 11.5 Å². The third kappa shape index (κ3) is 4.92. The SMILES string of the molecule is C=CCN(Cc1cccn1Cc1ccccc1Cl)C(=O)c1cccc([N+](=O)[O-])c1. The van der Waals surface area contributed by atoms with Crippen LogP contribution in [0, 0.1) is 10.1 Å². The van der Waals surface area contributed by atoms with Crippen LogP contribution in [0.1, 0.15) is 21.6 Å². The average molecular weight is 410 g/mol. The number of non-ortho nitro benzene ring substituents is 1. The van der Waals surface area contributed by atoms with Crippen molar-refractivity contribution in [3.05, 3.63) is 111 Å². The summed E-state index contributed by atoms with van der Waals surface area (Å²) in [6.07, 6.45) is 3.57. The van der Waals surface area contributed by atoms with Crippen LogP contribution in [0.5, 0.6) is 0 Å². The summed E-state index contributed by atoms with van der Waals surface area (Å²) < 4.78 is 2.03. The molecule has 148 valence electrons. The molecule has 0 saturated carbocycles. The Balaban J connectivity index is 1.83. The molecule has 0 unspecified atom stereocenters. The Kier molecular flexibility index (Phi) is 6.46. The van der Waals surface area contributed by atoms with E-state index in [2.05, 4.69) is 6.58 Å². The van der Waals surface area contributed by atoms with Crippen molar-refractivity contribution < 1.29 is 9.72 Å². The van der Waals surface area contributed by atoms with Gasteiger partial charge in [0.25, 0.3) is 11.6 Å². The van der Waals surface area contributed by atoms with Crippen molar-refractivity contribution in [2.45, 2.75) is 13.1 Å². The molecule has 0 aliphatic rings. The molecule has 6 nitrogen and oxygen atoms in total. The lowest BCUT2D eigenvalue weighted by atomic mass is 10.1. The van der Waals surface area contributed by atoms with Gasteiger partial charge in [-0.1, -0.05) is 41.9 Å². The first-order valence-corrected chi connectivity index (χ1v) is 9.39. The molecule has 0 N–H and O–H groups in total. The molecule has 1 heterocycles. The Morgan fingerprint density at radius 1 is 1.17 bits per heavy atom. The molecule has 0 fully saturated rings. The maximum absolute atomic E-state index is 13.0. The first kappa shape index (κ1) is 20.4. The molecule has 1 amide bonds. The van der Waals surface area contributed by atoms with Crippen LogP contribution in [0.4, 0.5) is 5.69 Å². The smallest absolute Gasteiger partial charge is 0.270 e. The third-order valence-corrected chi connectivity index (χ3v) is 4.88. The van der Waals surface area contributed by atoms with Crippen molar-refractivity contribution in [1.82, 2.24) is 9.47 Å². The number of nitrogens with zero attached hydrogens (tertiary/aromatic N) is 3. The molecule has 0 radical (unpaired) electrons. The number of benzene rings is 2. The van der Waals surface area contributed by atoms with E-state index < -0.39 is 4.92 Å². The van der Waals surface area contributed by atoms with Crippen molar-refractivity contribution in [2.75, 3.05) is 6.54 Å². The lowest BCUT2D eigenvalue weighted by Gasteiger charge is -2.22. The molecule has 0 saturated heterocycles. The molecule has 2 aromatic carbocycles. The van der Waals surface area contributed by atoms with E-state index in [4.69, 9.17) is 11.6 Å². The maximum Gasteiger partial charge on any atom is 0.270 e. The van der Waals surface area contributed by atoms with E-state index in [0.29, 0.717) is 24.7 Å². The lowest BCUT2D eigenvalue weighted by Crippen LogP contribution is -2.31. The van der Waals surface area contributed by atoms with Crippen LogP contribution in [0.3, 0.4) is 0 Å². The van der Waals surface area contributed by atoms with Crippen molar-refractivity contribution in [1.29, 1.82) is 0 Å². The second kappa shape index (κ2) is 9.21. The molecule has 29 heavy (non-hydrogen) atoms. The number of rotatable bonds is 8. The summed E-state index contributed by atoms with van der Waals surface area (Å²) in [6.45, 7) is 4.96. The molecule has 3 rings (SSSR count). The number of hydrogen-bond donors (Lipinski definition) is 0. The first-order chi connectivity index (χ1) is 14.0. The van der Waals surface area contributed by atoms with Crippen LogP contribution in [-0.4, -0.2) is 26.8 Å². The monoisotopic (exact) mass is 409 g/mol. The van der Waals surface area contributed by atoms with Gasteiger partial charge in [0, 0.05) is 47.7 Å². The fourth-order valence-corrected chi connectivity index (χ4v) is 3.26. The minimum absolute atomic E-state index is 0.114. The lowest BCUT2D eigenvalue weighted by molar-refractivity contribution is -0.384. The van der Waals surface area contributed by atoms with Crippen molar-refractivity contribution in [2.24, 2.45) is 0 Å². The van der Waals surface area contributed by atoms with Gasteiger partial charge in [0.2, 0.25) is 0 Å². The molecule has 0 spiro atoms. The highest BCUT2D eigenvalue weighted by Crippen LogP contribution is 2.20. The molecular weight excluding hydrogens is 390 g/mol. The minimum Gasteiger partial charge on any atom is -0.345 e. The maximum atomic E-state index is 13.0. The Labute approximate surface area is 173 Å². The van der Waals surface area contributed by atoms with Gasteiger partial charge < -0.3 is 9.47 Å². The predicted molar refractivity (Wildman–Crippen MR) is 113 cm³/mol. The minimum atomic E-state index is -0.511. The van der Waals surface area contributed by atoms with E-state index >= 15 is 0 Å². The highest BCUT2D eigenvalue weighted by molar-refractivity contribution is 6.31. The topological polar surface area (TPSA) is 68.4 Å². The standard InChI is InChI=1S/C22H20ClN3O3/c1-2-12-25(22(27)17-8-5-9-19(14-17)26(28)29)16-20-10-6-13-24(20)15-18-7-3-4-11-21(18)23/h2-11,13-14H,1,12,15-16H2. The molecular formula is C22H20ClN3O3. The Bertz CT molecular complexity index is 1050. The molecule has 0 bridgehead atoms. The molecule has 0 aliphatic heterocycles. The molecule has 0 atom stereocenters. The van der Waals surface area contributed by atoms with Crippen LogP contribution in [0.25, 0.3) is 0 Å². The van der Waals surface area contributed by atoms with E-state index in [1.807, 2.05) is 47.2 Å². The zero-order valence-corrected chi connectivity index (χ0v) is 16.5. The highest BCUT2D eigenvalue weighted by Gasteiger charge is 2.19. The van der Waals surface area contributed by atoms with Crippen LogP contribution >= 0.6 is 11.6 Å². The van der Waals surface area contributed by atoms with Crippen LogP contribution in [-0.2, 0) is 13.1 Å². The van der Waals surface area contributed by atoms with Gasteiger partial charge >= 0.3 is 0 Å². The zero-order chi connectivity index (χ0) is 20.8. The van der Waals surface area contributed by atoms with Crippen molar-refractivity contribution >= 4 is 23.2 Å². The second-order valence-electron chi connectivity index (χ2n) is 6.50. The van der Waals surface area contributed by atoms with E-state index in [9.17, 15) is 14.9 Å². The number of amides is 1. The quantitative estimate of drug-likeness (QED) is 0.301. The molecule has 0 aliphatic carbocycles. The van der Waals surface area contributed by atoms with Gasteiger partial charge in [0.15, 0.2) is 0 Å². The van der Waals surface area contributed by atoms with E-state index in [-0.39, 0.29) is 17.2 Å². The van der Waals surface area contributed by atoms with E-state index in [0.717, 1.165) is 11.3 Å². The fourth-order valence-electron chi connectivity index (χ4n) is 3.06. The van der Waals surface area contributed by atoms with Gasteiger partial charge in [-0.05, 0) is 29.8 Å². The average Bonchev–Trinajstić information content (AvgIpc) is 3.15. The van der Waals surface area contributed by atoms with Crippen LogP contribution in [0.2, 0.25) is 5.02 Å². The zero-order valence-electron chi connectivity index (χ0n) is 15.7. The predicted octanol–water partition coefficient (Wildman–Crippen LogP) is 4.93. The molecule has 7 heteroatoms. The van der Waals surface area contributed by atoms with Crippen molar-refractivity contribution in [3.63, 3.8) is 0 Å². The fraction of sp³-hybridized carbons (Fsp3) is 0.136. The summed E-state index contributed by atoms with van der Waals surface area (Å²) >= 11 is 6.27. The number of nitro benzene ring substituents is 1. The van der Waals surface area contributed by atoms with Crippen molar-refractivity contribution in [3.8, 4) is 0 Å². The Morgan fingerprint density at radius 2 is 1.97 bits per heavy atom. The van der Waals surface area contributed by atoms with Crippen LogP contribution < -0.4 is 0 Å². The second-order valence-corrected chi connectivity index (χ2v) is 6.91. The molecule has 1 aromatic heterocycles. The highest BCUT2D eigenvalue weighted by atomic mass is 35.5. The van der Waals surface area contributed by atoms with Gasteiger partial charge in [-0.15, -0.1) is 6.58 Å².